The minimum atomic E-state index is -0.738. The van der Waals surface area contributed by atoms with Gasteiger partial charge < -0.3 is 5.11 Å². The smallest absolute Gasteiger partial charge is 0.119 e. The van der Waals surface area contributed by atoms with Crippen molar-refractivity contribution in [2.24, 2.45) is 5.92 Å². The molecule has 76 valence electrons. The molecular weight excluding hydrogens is 168 g/mol. The summed E-state index contributed by atoms with van der Waals surface area (Å²) in [6.07, 6.45) is 4.72. The normalized spacial score (nSPS) is 39.8. The van der Waals surface area contributed by atoms with Crippen molar-refractivity contribution < 1.29 is 15.3 Å². The summed E-state index contributed by atoms with van der Waals surface area (Å²) in [4.78, 5) is 4.35. The molecule has 0 aromatic carbocycles. The molecule has 1 aliphatic carbocycles. The van der Waals surface area contributed by atoms with E-state index in [-0.39, 0.29) is 5.92 Å². The highest BCUT2D eigenvalue weighted by Gasteiger charge is 2.37. The van der Waals surface area contributed by atoms with E-state index in [2.05, 4.69) is 4.89 Å². The van der Waals surface area contributed by atoms with Gasteiger partial charge in [0.25, 0.3) is 0 Å². The average molecular weight is 186 g/mol. The molecule has 0 bridgehead atoms. The molecule has 0 fully saturated rings. The lowest BCUT2D eigenvalue weighted by Gasteiger charge is -2.37. The molecule has 0 aliphatic heterocycles. The minimum Gasteiger partial charge on any atom is -0.386 e. The van der Waals surface area contributed by atoms with E-state index in [4.69, 9.17) is 5.26 Å². The summed E-state index contributed by atoms with van der Waals surface area (Å²) in [5.41, 5.74) is -1.36. The number of hydrogen-bond donors (Lipinski definition) is 2. The van der Waals surface area contributed by atoms with Crippen LogP contribution in [0.3, 0.4) is 0 Å². The van der Waals surface area contributed by atoms with E-state index < -0.39 is 11.2 Å². The van der Waals surface area contributed by atoms with Gasteiger partial charge in [-0.05, 0) is 25.7 Å². The van der Waals surface area contributed by atoms with Gasteiger partial charge >= 0.3 is 0 Å². The van der Waals surface area contributed by atoms with Crippen LogP contribution in [0.5, 0.6) is 0 Å². The Morgan fingerprint density at radius 3 is 2.23 bits per heavy atom. The van der Waals surface area contributed by atoms with Gasteiger partial charge in [0.05, 0.1) is 5.60 Å². The van der Waals surface area contributed by atoms with Gasteiger partial charge in [-0.25, -0.2) is 4.89 Å². The molecule has 0 spiro atoms. The summed E-state index contributed by atoms with van der Waals surface area (Å²) in [5.74, 6) is 0.187. The van der Waals surface area contributed by atoms with Gasteiger partial charge in [0.2, 0.25) is 0 Å². The molecule has 2 unspecified atom stereocenters. The maximum atomic E-state index is 10.1. The van der Waals surface area contributed by atoms with Gasteiger partial charge in [0, 0.05) is 0 Å². The van der Waals surface area contributed by atoms with Crippen LogP contribution >= 0.6 is 0 Å². The summed E-state index contributed by atoms with van der Waals surface area (Å²) >= 11 is 0. The lowest BCUT2D eigenvalue weighted by molar-refractivity contribution is -0.307. The van der Waals surface area contributed by atoms with Gasteiger partial charge in [0.1, 0.15) is 5.60 Å². The summed E-state index contributed by atoms with van der Waals surface area (Å²) < 4.78 is 0. The maximum absolute atomic E-state index is 10.1. The van der Waals surface area contributed by atoms with E-state index in [1.807, 2.05) is 13.8 Å². The van der Waals surface area contributed by atoms with Crippen molar-refractivity contribution in [1.29, 1.82) is 0 Å². The lowest BCUT2D eigenvalue weighted by Crippen LogP contribution is -2.41. The predicted molar refractivity (Wildman–Crippen MR) is 50.3 cm³/mol. The molecule has 0 aromatic heterocycles. The maximum Gasteiger partial charge on any atom is 0.119 e. The summed E-state index contributed by atoms with van der Waals surface area (Å²) in [7, 11) is 0. The van der Waals surface area contributed by atoms with E-state index >= 15 is 0 Å². The fraction of sp³-hybridized carbons (Fsp3) is 0.800. The zero-order valence-corrected chi connectivity index (χ0v) is 8.45. The van der Waals surface area contributed by atoms with Crippen LogP contribution in [-0.4, -0.2) is 21.6 Å². The summed E-state index contributed by atoms with van der Waals surface area (Å²) in [5, 5.41) is 18.7. The zero-order chi connectivity index (χ0) is 10.1. The minimum absolute atomic E-state index is 0.187. The van der Waals surface area contributed by atoms with Crippen LogP contribution in [0.4, 0.5) is 0 Å². The molecule has 3 heteroatoms. The fourth-order valence-corrected chi connectivity index (χ4v) is 1.49. The molecule has 3 nitrogen and oxygen atoms in total. The van der Waals surface area contributed by atoms with Crippen LogP contribution in [0.2, 0.25) is 0 Å². The van der Waals surface area contributed by atoms with Crippen molar-refractivity contribution in [2.75, 3.05) is 0 Å². The van der Waals surface area contributed by atoms with Crippen LogP contribution in [0, 0.1) is 5.92 Å². The number of rotatable bonds is 2. The highest BCUT2D eigenvalue weighted by molar-refractivity contribution is 5.14. The molecule has 1 aliphatic rings. The van der Waals surface area contributed by atoms with Crippen LogP contribution in [0.1, 0.15) is 33.6 Å². The summed E-state index contributed by atoms with van der Waals surface area (Å²) in [6, 6.07) is 0. The molecule has 0 aromatic rings. The molecule has 2 N–H and O–H groups in total. The Balaban J connectivity index is 2.77. The standard InChI is InChI=1S/C10H18O3/c1-8(2)10(11)6-4-9(3,13-12)5-7-10/h4,6,8,11-12H,5,7H2,1-3H3. The Morgan fingerprint density at radius 1 is 1.31 bits per heavy atom. The third-order valence-electron chi connectivity index (χ3n) is 2.95. The van der Waals surface area contributed by atoms with Crippen molar-refractivity contribution in [1.82, 2.24) is 0 Å². The first-order chi connectivity index (χ1) is 5.92. The molecule has 0 saturated heterocycles. The zero-order valence-electron chi connectivity index (χ0n) is 8.45. The van der Waals surface area contributed by atoms with Crippen molar-refractivity contribution in [3.63, 3.8) is 0 Å². The highest BCUT2D eigenvalue weighted by atomic mass is 17.1. The van der Waals surface area contributed by atoms with E-state index in [0.717, 1.165) is 0 Å². The second kappa shape index (κ2) is 3.40. The van der Waals surface area contributed by atoms with E-state index in [0.29, 0.717) is 12.8 Å². The van der Waals surface area contributed by atoms with Crippen LogP contribution in [0.25, 0.3) is 0 Å². The third kappa shape index (κ3) is 2.10. The van der Waals surface area contributed by atoms with E-state index in [9.17, 15) is 5.11 Å². The van der Waals surface area contributed by atoms with E-state index in [1.165, 1.54) is 0 Å². The van der Waals surface area contributed by atoms with Gasteiger partial charge in [-0.15, -0.1) is 0 Å². The van der Waals surface area contributed by atoms with E-state index in [1.54, 1.807) is 19.1 Å². The first-order valence-corrected chi connectivity index (χ1v) is 4.67. The first-order valence-electron chi connectivity index (χ1n) is 4.67. The fourth-order valence-electron chi connectivity index (χ4n) is 1.49. The molecule has 0 radical (unpaired) electrons. The Hall–Kier alpha value is -0.380. The number of hydrogen-bond acceptors (Lipinski definition) is 3. The molecule has 0 heterocycles. The average Bonchev–Trinajstić information content (AvgIpc) is 2.11. The molecule has 0 amide bonds. The van der Waals surface area contributed by atoms with Gasteiger partial charge in [-0.1, -0.05) is 26.0 Å². The topological polar surface area (TPSA) is 49.7 Å². The van der Waals surface area contributed by atoms with Crippen molar-refractivity contribution in [3.05, 3.63) is 12.2 Å². The van der Waals surface area contributed by atoms with Crippen LogP contribution < -0.4 is 0 Å². The lowest BCUT2D eigenvalue weighted by atomic mass is 9.77. The molecular formula is C10H18O3. The Bertz CT molecular complexity index is 212. The molecule has 13 heavy (non-hydrogen) atoms. The van der Waals surface area contributed by atoms with Gasteiger partial charge in [0.15, 0.2) is 0 Å². The molecule has 1 rings (SSSR count). The Labute approximate surface area is 79.0 Å². The van der Waals surface area contributed by atoms with Crippen LogP contribution in [-0.2, 0) is 4.89 Å². The van der Waals surface area contributed by atoms with Crippen molar-refractivity contribution in [2.45, 2.75) is 44.8 Å². The Morgan fingerprint density at radius 2 is 1.92 bits per heavy atom. The molecule has 2 atom stereocenters. The Kier molecular flexibility index (Phi) is 2.80. The number of aliphatic hydroxyl groups is 1. The van der Waals surface area contributed by atoms with Gasteiger partial charge in [-0.2, -0.15) is 0 Å². The second-order valence-corrected chi connectivity index (χ2v) is 4.38. The quantitative estimate of drug-likeness (QED) is 0.394. The molecule has 0 saturated carbocycles. The van der Waals surface area contributed by atoms with Crippen LogP contribution in [0.15, 0.2) is 12.2 Å². The summed E-state index contributed by atoms with van der Waals surface area (Å²) in [6.45, 7) is 5.75. The largest absolute Gasteiger partial charge is 0.386 e. The first kappa shape index (κ1) is 10.7. The monoisotopic (exact) mass is 186 g/mol. The SMILES string of the molecule is CC(C)C1(O)C=CC(C)(OO)CC1. The van der Waals surface area contributed by atoms with Gasteiger partial charge in [-0.3, -0.25) is 5.26 Å². The van der Waals surface area contributed by atoms with Crippen molar-refractivity contribution >= 4 is 0 Å². The second-order valence-electron chi connectivity index (χ2n) is 4.38. The predicted octanol–water partition coefficient (Wildman–Crippen LogP) is 1.97. The third-order valence-corrected chi connectivity index (χ3v) is 2.95. The van der Waals surface area contributed by atoms with Crippen molar-refractivity contribution in [3.8, 4) is 0 Å². The highest BCUT2D eigenvalue weighted by Crippen LogP contribution is 2.34.